The first kappa shape index (κ1) is 15.7. The number of primary amides is 1. The molecule has 7 heteroatoms. The molecule has 0 bridgehead atoms. The van der Waals surface area contributed by atoms with Gasteiger partial charge in [0, 0.05) is 11.3 Å². The molecule has 3 N–H and O–H groups in total. The second-order valence-corrected chi connectivity index (χ2v) is 5.10. The fourth-order valence-corrected chi connectivity index (χ4v) is 2.67. The summed E-state index contributed by atoms with van der Waals surface area (Å²) in [5.41, 5.74) is 7.05. The molecule has 0 radical (unpaired) electrons. The standard InChI is InChI=1S/C17H16N2O5/c1-22-12-8-7-10-13(14(12)23-2)17(21)24-16(10)19-11-6-4-3-5-9(11)15(18)20/h3-8,16,19H,1-2H3,(H2,18,20)/t16-/m1/s1. The number of esters is 1. The minimum Gasteiger partial charge on any atom is -0.493 e. The number of ether oxygens (including phenoxy) is 3. The van der Waals surface area contributed by atoms with E-state index in [0.717, 1.165) is 0 Å². The van der Waals surface area contributed by atoms with Gasteiger partial charge >= 0.3 is 5.97 Å². The topological polar surface area (TPSA) is 99.9 Å². The number of anilines is 1. The number of fused-ring (bicyclic) bond motifs is 1. The van der Waals surface area contributed by atoms with Crippen LogP contribution < -0.4 is 20.5 Å². The van der Waals surface area contributed by atoms with Crippen molar-refractivity contribution in [2.24, 2.45) is 5.73 Å². The van der Waals surface area contributed by atoms with Gasteiger partial charge in [0.05, 0.1) is 19.8 Å². The zero-order valence-electron chi connectivity index (χ0n) is 13.2. The van der Waals surface area contributed by atoms with Crippen LogP contribution in [-0.2, 0) is 4.74 Å². The average molecular weight is 328 g/mol. The van der Waals surface area contributed by atoms with Gasteiger partial charge in [0.25, 0.3) is 5.91 Å². The molecule has 0 aromatic heterocycles. The van der Waals surface area contributed by atoms with E-state index in [-0.39, 0.29) is 0 Å². The van der Waals surface area contributed by atoms with Gasteiger partial charge in [0.2, 0.25) is 6.23 Å². The maximum Gasteiger partial charge on any atom is 0.344 e. The molecular weight excluding hydrogens is 312 g/mol. The molecule has 1 atom stereocenters. The van der Waals surface area contributed by atoms with Crippen molar-refractivity contribution < 1.29 is 23.8 Å². The van der Waals surface area contributed by atoms with E-state index in [9.17, 15) is 9.59 Å². The van der Waals surface area contributed by atoms with Gasteiger partial charge < -0.3 is 25.3 Å². The summed E-state index contributed by atoms with van der Waals surface area (Å²) in [4.78, 5) is 23.8. The molecule has 0 saturated heterocycles. The van der Waals surface area contributed by atoms with Gasteiger partial charge in [-0.05, 0) is 24.3 Å². The molecule has 1 aliphatic rings. The Morgan fingerprint density at radius 1 is 1.17 bits per heavy atom. The van der Waals surface area contributed by atoms with E-state index >= 15 is 0 Å². The van der Waals surface area contributed by atoms with Crippen LogP contribution in [0.4, 0.5) is 5.69 Å². The minimum absolute atomic E-state index is 0.297. The Morgan fingerprint density at radius 2 is 1.92 bits per heavy atom. The molecular formula is C17H16N2O5. The molecule has 0 fully saturated rings. The van der Waals surface area contributed by atoms with Crippen molar-refractivity contribution >= 4 is 17.6 Å². The number of rotatable bonds is 5. The molecule has 2 aromatic carbocycles. The van der Waals surface area contributed by atoms with E-state index in [1.165, 1.54) is 14.2 Å². The van der Waals surface area contributed by atoms with Gasteiger partial charge in [-0.2, -0.15) is 0 Å². The van der Waals surface area contributed by atoms with Crippen LogP contribution in [0.15, 0.2) is 36.4 Å². The van der Waals surface area contributed by atoms with Crippen molar-refractivity contribution in [3.8, 4) is 11.5 Å². The van der Waals surface area contributed by atoms with Crippen LogP contribution in [0, 0.1) is 0 Å². The quantitative estimate of drug-likeness (QED) is 0.815. The zero-order valence-corrected chi connectivity index (χ0v) is 13.2. The molecule has 124 valence electrons. The van der Waals surface area contributed by atoms with Crippen molar-refractivity contribution in [1.82, 2.24) is 0 Å². The van der Waals surface area contributed by atoms with E-state index < -0.39 is 18.1 Å². The summed E-state index contributed by atoms with van der Waals surface area (Å²) < 4.78 is 15.9. The van der Waals surface area contributed by atoms with Crippen molar-refractivity contribution in [3.05, 3.63) is 53.1 Å². The fraction of sp³-hybridized carbons (Fsp3) is 0.176. The molecule has 0 aliphatic carbocycles. The monoisotopic (exact) mass is 328 g/mol. The number of nitrogens with one attached hydrogen (secondary N) is 1. The zero-order chi connectivity index (χ0) is 17.3. The normalized spacial score (nSPS) is 15.4. The predicted octanol–water partition coefficient (Wildman–Crippen LogP) is 2.08. The molecule has 24 heavy (non-hydrogen) atoms. The number of para-hydroxylation sites is 1. The highest BCUT2D eigenvalue weighted by molar-refractivity contribution is 6.00. The largest absolute Gasteiger partial charge is 0.493 e. The van der Waals surface area contributed by atoms with Gasteiger partial charge in [-0.15, -0.1) is 0 Å². The van der Waals surface area contributed by atoms with Gasteiger partial charge in [0.15, 0.2) is 11.5 Å². The third kappa shape index (κ3) is 2.50. The van der Waals surface area contributed by atoms with Crippen LogP contribution in [-0.4, -0.2) is 26.1 Å². The Kier molecular flexibility index (Phi) is 3.99. The molecule has 1 amide bonds. The van der Waals surface area contributed by atoms with Crippen LogP contribution >= 0.6 is 0 Å². The number of hydrogen-bond donors (Lipinski definition) is 2. The molecule has 1 aliphatic heterocycles. The maximum absolute atomic E-state index is 12.2. The summed E-state index contributed by atoms with van der Waals surface area (Å²) in [5.74, 6) is -0.358. The number of cyclic esters (lactones) is 1. The van der Waals surface area contributed by atoms with Crippen LogP contribution in [0.5, 0.6) is 11.5 Å². The van der Waals surface area contributed by atoms with Gasteiger partial charge in [-0.1, -0.05) is 12.1 Å². The predicted molar refractivity (Wildman–Crippen MR) is 86.3 cm³/mol. The fourth-order valence-electron chi connectivity index (χ4n) is 2.67. The van der Waals surface area contributed by atoms with Crippen LogP contribution in [0.3, 0.4) is 0 Å². The number of carbonyl (C=O) groups excluding carboxylic acids is 2. The molecule has 0 saturated carbocycles. The van der Waals surface area contributed by atoms with Crippen LogP contribution in [0.25, 0.3) is 0 Å². The SMILES string of the molecule is COc1ccc2c(c1OC)C(=O)O[C@H]2Nc1ccccc1C(N)=O. The Hall–Kier alpha value is -3.22. The van der Waals surface area contributed by atoms with Crippen molar-refractivity contribution in [2.75, 3.05) is 19.5 Å². The van der Waals surface area contributed by atoms with Crippen LogP contribution in [0.1, 0.15) is 32.5 Å². The first-order valence-corrected chi connectivity index (χ1v) is 7.18. The molecule has 3 rings (SSSR count). The van der Waals surface area contributed by atoms with E-state index in [4.69, 9.17) is 19.9 Å². The Labute approximate surface area is 138 Å². The molecule has 7 nitrogen and oxygen atoms in total. The molecule has 0 spiro atoms. The highest BCUT2D eigenvalue weighted by Crippen LogP contribution is 2.42. The third-order valence-corrected chi connectivity index (χ3v) is 3.77. The first-order valence-electron chi connectivity index (χ1n) is 7.18. The Balaban J connectivity index is 2.01. The van der Waals surface area contributed by atoms with Gasteiger partial charge in [-0.3, -0.25) is 4.79 Å². The average Bonchev–Trinajstić information content (AvgIpc) is 2.90. The number of benzene rings is 2. The van der Waals surface area contributed by atoms with Crippen LogP contribution in [0.2, 0.25) is 0 Å². The summed E-state index contributed by atoms with van der Waals surface area (Å²) in [5, 5.41) is 3.03. The Bertz CT molecular complexity index is 819. The minimum atomic E-state index is -0.757. The van der Waals surface area contributed by atoms with E-state index in [1.807, 2.05) is 0 Å². The lowest BCUT2D eigenvalue weighted by Crippen LogP contribution is -2.17. The molecule has 1 heterocycles. The molecule has 0 unspecified atom stereocenters. The number of amides is 1. The maximum atomic E-state index is 12.2. The summed E-state index contributed by atoms with van der Waals surface area (Å²) in [6, 6.07) is 10.1. The Morgan fingerprint density at radius 3 is 2.58 bits per heavy atom. The number of carbonyl (C=O) groups is 2. The second kappa shape index (κ2) is 6.11. The number of hydrogen-bond acceptors (Lipinski definition) is 6. The lowest BCUT2D eigenvalue weighted by Gasteiger charge is -2.16. The lowest BCUT2D eigenvalue weighted by atomic mass is 10.1. The highest BCUT2D eigenvalue weighted by atomic mass is 16.6. The lowest BCUT2D eigenvalue weighted by molar-refractivity contribution is 0.0435. The van der Waals surface area contributed by atoms with E-state index in [1.54, 1.807) is 36.4 Å². The van der Waals surface area contributed by atoms with Crippen molar-refractivity contribution in [1.29, 1.82) is 0 Å². The summed E-state index contributed by atoms with van der Waals surface area (Å²) in [6.45, 7) is 0. The van der Waals surface area contributed by atoms with Crippen molar-refractivity contribution in [3.63, 3.8) is 0 Å². The molecule has 2 aromatic rings. The van der Waals surface area contributed by atoms with Crippen molar-refractivity contribution in [2.45, 2.75) is 6.23 Å². The smallest absolute Gasteiger partial charge is 0.344 e. The highest BCUT2D eigenvalue weighted by Gasteiger charge is 2.36. The van der Waals surface area contributed by atoms with Gasteiger partial charge in [0.1, 0.15) is 5.56 Å². The summed E-state index contributed by atoms with van der Waals surface area (Å²) in [6.07, 6.45) is -0.757. The number of methoxy groups -OCH3 is 2. The van der Waals surface area contributed by atoms with Gasteiger partial charge in [-0.25, -0.2) is 4.79 Å². The third-order valence-electron chi connectivity index (χ3n) is 3.77. The first-order chi connectivity index (χ1) is 11.6. The van der Waals surface area contributed by atoms with E-state index in [2.05, 4.69) is 5.32 Å². The summed E-state index contributed by atoms with van der Waals surface area (Å²) >= 11 is 0. The second-order valence-electron chi connectivity index (χ2n) is 5.10. The summed E-state index contributed by atoms with van der Waals surface area (Å²) in [7, 11) is 2.94. The van der Waals surface area contributed by atoms with E-state index in [0.29, 0.717) is 33.9 Å². The number of nitrogens with two attached hydrogens (primary N) is 1.